The second-order valence-corrected chi connectivity index (χ2v) is 5.97. The van der Waals surface area contributed by atoms with Gasteiger partial charge in [-0.15, -0.1) is 0 Å². The topological polar surface area (TPSA) is 111 Å². The van der Waals surface area contributed by atoms with Gasteiger partial charge in [0.1, 0.15) is 11.6 Å². The van der Waals surface area contributed by atoms with Crippen LogP contribution in [0.1, 0.15) is 17.1 Å². The summed E-state index contributed by atoms with van der Waals surface area (Å²) in [5.41, 5.74) is -1.25. The van der Waals surface area contributed by atoms with E-state index in [0.29, 0.717) is 30.5 Å². The Balaban J connectivity index is 1.74. The standard InChI is InChI=1S/C16H15F3N6O2/c1-25(8-12-21-15(27)24-23-12)7-9-2-4-10(5-3-9)14-20-11(16(17,18)19)6-13(26)22-14/h2-6H,7-8H2,1H3,(H,20,22,26)(H2,21,23,24,27). The average Bonchev–Trinajstić information content (AvgIpc) is 2.99. The highest BCUT2D eigenvalue weighted by Crippen LogP contribution is 2.27. The molecule has 0 atom stereocenters. The van der Waals surface area contributed by atoms with E-state index in [9.17, 15) is 22.8 Å². The number of benzene rings is 1. The van der Waals surface area contributed by atoms with Gasteiger partial charge in [0.15, 0.2) is 5.69 Å². The van der Waals surface area contributed by atoms with Gasteiger partial charge in [-0.05, 0) is 12.6 Å². The molecule has 27 heavy (non-hydrogen) atoms. The van der Waals surface area contributed by atoms with Crippen LogP contribution in [0.15, 0.2) is 39.9 Å². The largest absolute Gasteiger partial charge is 0.433 e. The van der Waals surface area contributed by atoms with Crippen LogP contribution in [-0.4, -0.2) is 37.1 Å². The van der Waals surface area contributed by atoms with Gasteiger partial charge in [0.25, 0.3) is 5.56 Å². The maximum absolute atomic E-state index is 12.8. The van der Waals surface area contributed by atoms with Crippen LogP contribution in [0.25, 0.3) is 11.4 Å². The van der Waals surface area contributed by atoms with Crippen molar-refractivity contribution in [2.45, 2.75) is 19.3 Å². The molecule has 0 spiro atoms. The zero-order valence-electron chi connectivity index (χ0n) is 14.1. The van der Waals surface area contributed by atoms with Crippen LogP contribution in [0.3, 0.4) is 0 Å². The summed E-state index contributed by atoms with van der Waals surface area (Å²) in [5.74, 6) is 0.341. The number of nitrogens with zero attached hydrogens (tertiary/aromatic N) is 3. The first-order valence-electron chi connectivity index (χ1n) is 7.81. The van der Waals surface area contributed by atoms with Crippen LogP contribution < -0.4 is 11.2 Å². The molecule has 0 fully saturated rings. The van der Waals surface area contributed by atoms with Crippen LogP contribution in [0.2, 0.25) is 0 Å². The van der Waals surface area contributed by atoms with Gasteiger partial charge in [0.05, 0.1) is 6.54 Å². The van der Waals surface area contributed by atoms with E-state index >= 15 is 0 Å². The maximum atomic E-state index is 12.8. The first-order valence-corrected chi connectivity index (χ1v) is 7.81. The number of H-pyrrole nitrogens is 3. The van der Waals surface area contributed by atoms with Crippen molar-refractivity contribution in [3.05, 3.63) is 68.3 Å². The Morgan fingerprint density at radius 3 is 2.37 bits per heavy atom. The lowest BCUT2D eigenvalue weighted by Crippen LogP contribution is -2.18. The second kappa shape index (κ2) is 7.19. The summed E-state index contributed by atoms with van der Waals surface area (Å²) < 4.78 is 38.4. The molecule has 0 aliphatic heterocycles. The van der Waals surface area contributed by atoms with Crippen molar-refractivity contribution in [1.82, 2.24) is 30.0 Å². The molecule has 8 nitrogen and oxygen atoms in total. The lowest BCUT2D eigenvalue weighted by atomic mass is 10.1. The Morgan fingerprint density at radius 1 is 1.07 bits per heavy atom. The molecule has 11 heteroatoms. The molecule has 3 rings (SSSR count). The zero-order valence-corrected chi connectivity index (χ0v) is 14.1. The van der Waals surface area contributed by atoms with Crippen molar-refractivity contribution >= 4 is 0 Å². The minimum Gasteiger partial charge on any atom is -0.307 e. The highest BCUT2D eigenvalue weighted by molar-refractivity contribution is 5.55. The summed E-state index contributed by atoms with van der Waals surface area (Å²) in [4.78, 5) is 32.7. The van der Waals surface area contributed by atoms with Gasteiger partial charge in [-0.1, -0.05) is 24.3 Å². The molecule has 0 aliphatic rings. The van der Waals surface area contributed by atoms with Gasteiger partial charge in [-0.2, -0.15) is 18.3 Å². The molecule has 0 radical (unpaired) electrons. The number of nitrogens with one attached hydrogen (secondary N) is 3. The summed E-state index contributed by atoms with van der Waals surface area (Å²) in [6, 6.07) is 7.03. The van der Waals surface area contributed by atoms with Crippen molar-refractivity contribution in [1.29, 1.82) is 0 Å². The third-order valence-electron chi connectivity index (χ3n) is 3.68. The van der Waals surface area contributed by atoms with E-state index in [1.807, 2.05) is 11.9 Å². The van der Waals surface area contributed by atoms with Crippen molar-refractivity contribution < 1.29 is 13.2 Å². The Labute approximate surface area is 150 Å². The van der Waals surface area contributed by atoms with Crippen LogP contribution in [0.5, 0.6) is 0 Å². The fraction of sp³-hybridized carbons (Fsp3) is 0.250. The van der Waals surface area contributed by atoms with E-state index in [1.165, 1.54) is 0 Å². The highest BCUT2D eigenvalue weighted by Gasteiger charge is 2.33. The van der Waals surface area contributed by atoms with Gasteiger partial charge in [-0.25, -0.2) is 14.9 Å². The third-order valence-corrected chi connectivity index (χ3v) is 3.68. The summed E-state index contributed by atoms with van der Waals surface area (Å²) in [6.07, 6.45) is -4.70. The quantitative estimate of drug-likeness (QED) is 0.621. The van der Waals surface area contributed by atoms with Crippen molar-refractivity contribution in [2.75, 3.05) is 7.05 Å². The molecule has 2 heterocycles. The molecular formula is C16H15F3N6O2. The molecule has 3 N–H and O–H groups in total. The number of hydrogen-bond acceptors (Lipinski definition) is 5. The fourth-order valence-electron chi connectivity index (χ4n) is 2.51. The number of aromatic amines is 3. The van der Waals surface area contributed by atoms with Crippen molar-refractivity contribution in [2.24, 2.45) is 0 Å². The van der Waals surface area contributed by atoms with Gasteiger partial charge < -0.3 is 4.98 Å². The first-order chi connectivity index (χ1) is 12.7. The smallest absolute Gasteiger partial charge is 0.307 e. The molecule has 2 aromatic heterocycles. The lowest BCUT2D eigenvalue weighted by molar-refractivity contribution is -0.141. The van der Waals surface area contributed by atoms with E-state index in [1.54, 1.807) is 24.3 Å². The van der Waals surface area contributed by atoms with Gasteiger partial charge in [-0.3, -0.25) is 14.7 Å². The van der Waals surface area contributed by atoms with Crippen LogP contribution in [0.4, 0.5) is 13.2 Å². The minimum absolute atomic E-state index is 0.149. The van der Waals surface area contributed by atoms with Gasteiger partial charge >= 0.3 is 11.9 Å². The summed E-state index contributed by atoms with van der Waals surface area (Å²) >= 11 is 0. The van der Waals surface area contributed by atoms with E-state index in [-0.39, 0.29) is 11.5 Å². The number of halogens is 3. The molecule has 0 saturated carbocycles. The molecule has 3 aromatic rings. The lowest BCUT2D eigenvalue weighted by Gasteiger charge is -2.15. The van der Waals surface area contributed by atoms with E-state index in [4.69, 9.17) is 0 Å². The second-order valence-electron chi connectivity index (χ2n) is 5.97. The van der Waals surface area contributed by atoms with E-state index in [0.717, 1.165) is 5.56 Å². The summed E-state index contributed by atoms with van der Waals surface area (Å²) in [5, 5.41) is 6.10. The normalized spacial score (nSPS) is 11.9. The Hall–Kier alpha value is -3.21. The van der Waals surface area contributed by atoms with Crippen LogP contribution >= 0.6 is 0 Å². The fourth-order valence-corrected chi connectivity index (χ4v) is 2.51. The van der Waals surface area contributed by atoms with Gasteiger partial charge in [0.2, 0.25) is 0 Å². The predicted octanol–water partition coefficient (Wildman–Crippen LogP) is 1.50. The van der Waals surface area contributed by atoms with Crippen LogP contribution in [0, 0.1) is 0 Å². The molecular weight excluding hydrogens is 365 g/mol. The van der Waals surface area contributed by atoms with Crippen LogP contribution in [-0.2, 0) is 19.3 Å². The first kappa shape index (κ1) is 18.6. The molecule has 0 unspecified atom stereocenters. The molecule has 142 valence electrons. The monoisotopic (exact) mass is 380 g/mol. The average molecular weight is 380 g/mol. The third kappa shape index (κ3) is 4.70. The minimum atomic E-state index is -4.70. The molecule has 0 amide bonds. The number of aromatic nitrogens is 5. The van der Waals surface area contributed by atoms with Gasteiger partial charge in [0, 0.05) is 18.2 Å². The highest BCUT2D eigenvalue weighted by atomic mass is 19.4. The summed E-state index contributed by atoms with van der Waals surface area (Å²) in [7, 11) is 1.83. The van der Waals surface area contributed by atoms with E-state index in [2.05, 4.69) is 25.1 Å². The van der Waals surface area contributed by atoms with Crippen molar-refractivity contribution in [3.8, 4) is 11.4 Å². The van der Waals surface area contributed by atoms with Crippen molar-refractivity contribution in [3.63, 3.8) is 0 Å². The Morgan fingerprint density at radius 2 is 1.78 bits per heavy atom. The molecule has 0 saturated heterocycles. The summed E-state index contributed by atoms with van der Waals surface area (Å²) in [6.45, 7) is 0.921. The maximum Gasteiger partial charge on any atom is 0.433 e. The van der Waals surface area contributed by atoms with E-state index < -0.39 is 17.4 Å². The SMILES string of the molecule is CN(Cc1ccc(-c2nc(C(F)(F)F)cc(=O)[nH]2)cc1)Cc1n[nH]c(=O)[nH]1. The molecule has 0 aliphatic carbocycles. The Bertz CT molecular complexity index is 1040. The number of alkyl halides is 3. The predicted molar refractivity (Wildman–Crippen MR) is 89.7 cm³/mol. The molecule has 1 aromatic carbocycles. The number of hydrogen-bond donors (Lipinski definition) is 3. The zero-order chi connectivity index (χ0) is 19.6. The molecule has 0 bridgehead atoms. The number of rotatable bonds is 5. The Kier molecular flexibility index (Phi) is 4.95.